The van der Waals surface area contributed by atoms with Gasteiger partial charge in [0, 0.05) is 28.5 Å². The highest BCUT2D eigenvalue weighted by atomic mass is 32.2. The zero-order valence-electron chi connectivity index (χ0n) is 28.1. The van der Waals surface area contributed by atoms with E-state index >= 15 is 0 Å². The van der Waals surface area contributed by atoms with Crippen LogP contribution in [0.15, 0.2) is 113 Å². The Balaban J connectivity index is 0.000000833. The number of nitrogens with two attached hydrogens (primary N) is 1. The lowest BCUT2D eigenvalue weighted by molar-refractivity contribution is -0.105. The fraction of sp³-hybridized carbons (Fsp3) is 0.250. The molecule has 0 aliphatic carbocycles. The summed E-state index contributed by atoms with van der Waals surface area (Å²) in [6.45, 7) is 14.2. The molecule has 0 radical (unpaired) electrons. The summed E-state index contributed by atoms with van der Waals surface area (Å²) in [4.78, 5) is 33.1. The van der Waals surface area contributed by atoms with Crippen molar-refractivity contribution in [1.82, 2.24) is 9.97 Å². The van der Waals surface area contributed by atoms with Crippen molar-refractivity contribution in [2.45, 2.75) is 59.5 Å². The van der Waals surface area contributed by atoms with Crippen LogP contribution in [0.25, 0.3) is 11.3 Å². The molecular weight excluding hydrogens is 623 g/mol. The summed E-state index contributed by atoms with van der Waals surface area (Å²) in [5.41, 5.74) is 8.30. The maximum Gasteiger partial charge on any atom is 0.433 e. The standard InChI is InChI=1S/C17H20OS.C15H12F3N5O.2C2H6/c1-5-6-7-16(12-14(2)3)15-8-10-17(11-9-15)19(4)13-18;16-15(17,18)13(6-12(19)10-2-1-5-20-7-10)23-11-3-4-14(21-8-11)22-9-24;2*1-2/h5-12H,1-4H3;1-9H,19H2,(H,21,22,24);2*1-2H3/b6-5-,16-7+;12-6-,23-13?;;. The molecule has 0 aliphatic heterocycles. The van der Waals surface area contributed by atoms with E-state index in [1.54, 1.807) is 6.07 Å². The lowest BCUT2D eigenvalue weighted by Crippen LogP contribution is -2.21. The number of nitrogens with one attached hydrogen (secondary N) is 1. The summed E-state index contributed by atoms with van der Waals surface area (Å²) < 4.78 is 39.5. The van der Waals surface area contributed by atoms with Gasteiger partial charge < -0.3 is 11.1 Å². The van der Waals surface area contributed by atoms with Gasteiger partial charge in [-0.2, -0.15) is 13.2 Å². The molecule has 1 amide bonds. The first-order chi connectivity index (χ1) is 22.5. The third-order valence-electron chi connectivity index (χ3n) is 5.36. The van der Waals surface area contributed by atoms with Crippen LogP contribution < -0.4 is 11.1 Å². The van der Waals surface area contributed by atoms with E-state index in [0.717, 1.165) is 22.7 Å². The molecular formula is C36H44F3N5O2S. The normalized spacial score (nSPS) is 12.1. The van der Waals surface area contributed by atoms with Gasteiger partial charge in [0.2, 0.25) is 6.41 Å². The van der Waals surface area contributed by atoms with E-state index in [9.17, 15) is 22.8 Å². The zero-order chi connectivity index (χ0) is 35.8. The maximum atomic E-state index is 13.2. The second-order valence-corrected chi connectivity index (χ2v) is 10.6. The Labute approximate surface area is 278 Å². The van der Waals surface area contributed by atoms with Crippen LogP contribution in [0.5, 0.6) is 0 Å². The fourth-order valence-corrected chi connectivity index (χ4v) is 3.96. The van der Waals surface area contributed by atoms with Crippen molar-refractivity contribution in [1.29, 1.82) is 0 Å². The molecule has 11 heteroatoms. The van der Waals surface area contributed by atoms with Gasteiger partial charge in [0.1, 0.15) is 11.5 Å². The largest absolute Gasteiger partial charge is 0.433 e. The van der Waals surface area contributed by atoms with Gasteiger partial charge >= 0.3 is 6.18 Å². The molecule has 1 aromatic carbocycles. The molecule has 0 saturated carbocycles. The van der Waals surface area contributed by atoms with E-state index in [0.29, 0.717) is 12.0 Å². The van der Waals surface area contributed by atoms with Gasteiger partial charge in [-0.3, -0.25) is 9.78 Å². The Kier molecular flexibility index (Phi) is 21.0. The SMILES string of the molecule is C/C=C\C=C(/C=C(C)C)c1ccc(S(C)=C=O)cc1.CC.CC.N/C(=C\C(=Nc1ccc(NC=O)nc1)C(F)(F)F)c1cccnc1. The molecule has 3 rings (SSSR count). The minimum atomic E-state index is -4.70. The van der Waals surface area contributed by atoms with Gasteiger partial charge in [-0.05, 0) is 80.6 Å². The van der Waals surface area contributed by atoms with Crippen LogP contribution in [-0.4, -0.2) is 39.8 Å². The Hall–Kier alpha value is -4.86. The summed E-state index contributed by atoms with van der Waals surface area (Å²) >= 11 is 0. The Morgan fingerprint density at radius 3 is 2.11 bits per heavy atom. The summed E-state index contributed by atoms with van der Waals surface area (Å²) in [5, 5.41) is 4.31. The number of pyridine rings is 2. The monoisotopic (exact) mass is 667 g/mol. The Morgan fingerprint density at radius 1 is 0.979 bits per heavy atom. The Morgan fingerprint density at radius 2 is 1.64 bits per heavy atom. The second-order valence-electron chi connectivity index (χ2n) is 8.99. The first kappa shape index (κ1) is 42.1. The zero-order valence-corrected chi connectivity index (χ0v) is 28.9. The summed E-state index contributed by atoms with van der Waals surface area (Å²) in [6.07, 6.45) is 10.6. The van der Waals surface area contributed by atoms with Gasteiger partial charge in [-0.15, -0.1) is 0 Å². The predicted octanol–water partition coefficient (Wildman–Crippen LogP) is 9.67. The van der Waals surface area contributed by atoms with Gasteiger partial charge in [-0.1, -0.05) is 80.2 Å². The summed E-state index contributed by atoms with van der Waals surface area (Å²) in [6, 6.07) is 13.8. The molecule has 1 unspecified atom stereocenters. The van der Waals surface area contributed by atoms with Crippen LogP contribution in [0.1, 0.15) is 59.6 Å². The maximum absolute atomic E-state index is 13.2. The highest BCUT2D eigenvalue weighted by Gasteiger charge is 2.34. The van der Waals surface area contributed by atoms with Gasteiger partial charge in [0.25, 0.3) is 0 Å². The summed E-state index contributed by atoms with van der Waals surface area (Å²) in [7, 11) is -0.432. The third-order valence-corrected chi connectivity index (χ3v) is 6.59. The predicted molar refractivity (Wildman–Crippen MR) is 192 cm³/mol. The average molecular weight is 668 g/mol. The molecule has 0 fully saturated rings. The van der Waals surface area contributed by atoms with Crippen molar-refractivity contribution in [3.63, 3.8) is 0 Å². The number of allylic oxidation sites excluding steroid dienone is 7. The topological polar surface area (TPSA) is 110 Å². The molecule has 3 aromatic rings. The molecule has 7 nitrogen and oxygen atoms in total. The highest BCUT2D eigenvalue weighted by Crippen LogP contribution is 2.26. The van der Waals surface area contributed by atoms with Crippen LogP contribution >= 0.6 is 10.5 Å². The second kappa shape index (κ2) is 23.5. The lowest BCUT2D eigenvalue weighted by Gasteiger charge is -2.09. The van der Waals surface area contributed by atoms with E-state index in [4.69, 9.17) is 5.73 Å². The van der Waals surface area contributed by atoms with Crippen LogP contribution in [0.3, 0.4) is 0 Å². The fourth-order valence-electron chi connectivity index (χ4n) is 3.32. The van der Waals surface area contributed by atoms with Gasteiger partial charge in [-0.25, -0.2) is 14.8 Å². The van der Waals surface area contributed by atoms with E-state index in [-0.39, 0.29) is 17.2 Å². The van der Waals surface area contributed by atoms with Gasteiger partial charge in [0.15, 0.2) is 5.23 Å². The molecule has 252 valence electrons. The first-order valence-electron chi connectivity index (χ1n) is 14.8. The molecule has 0 bridgehead atoms. The van der Waals surface area contributed by atoms with Crippen molar-refractivity contribution in [3.8, 4) is 0 Å². The molecule has 0 spiro atoms. The van der Waals surface area contributed by atoms with Crippen LogP contribution in [0.2, 0.25) is 0 Å². The van der Waals surface area contributed by atoms with E-state index in [1.807, 2.05) is 70.4 Å². The van der Waals surface area contributed by atoms with Crippen LogP contribution in [0, 0.1) is 0 Å². The highest BCUT2D eigenvalue weighted by molar-refractivity contribution is 8.13. The summed E-state index contributed by atoms with van der Waals surface area (Å²) in [5.74, 6) is 0.197. The number of halogens is 3. The number of anilines is 1. The molecule has 0 aliphatic rings. The number of rotatable bonds is 9. The van der Waals surface area contributed by atoms with E-state index in [1.165, 1.54) is 41.7 Å². The molecule has 2 heterocycles. The average Bonchev–Trinajstić information content (AvgIpc) is 3.09. The molecule has 3 N–H and O–H groups in total. The van der Waals surface area contributed by atoms with Crippen LogP contribution in [-0.2, 0) is 9.59 Å². The third kappa shape index (κ3) is 16.3. The van der Waals surface area contributed by atoms with Crippen molar-refractivity contribution in [2.24, 2.45) is 10.7 Å². The number of hydrogen-bond acceptors (Lipinski definition) is 6. The molecule has 0 saturated heterocycles. The van der Waals surface area contributed by atoms with Gasteiger partial charge in [0.05, 0.1) is 11.9 Å². The lowest BCUT2D eigenvalue weighted by atomic mass is 10.0. The van der Waals surface area contributed by atoms with Crippen molar-refractivity contribution in [3.05, 3.63) is 114 Å². The van der Waals surface area contributed by atoms with Crippen molar-refractivity contribution in [2.75, 3.05) is 11.6 Å². The number of amides is 1. The number of nitrogens with zero attached hydrogens (tertiary/aromatic N) is 3. The number of hydrogen-bond donors (Lipinski definition) is 2. The minimum Gasteiger partial charge on any atom is -0.398 e. The number of alkyl halides is 3. The first-order valence-corrected chi connectivity index (χ1v) is 16.4. The van der Waals surface area contributed by atoms with Crippen molar-refractivity contribution < 1.29 is 22.8 Å². The number of aliphatic imine (C=N–C) groups is 1. The number of benzene rings is 1. The molecule has 1 atom stereocenters. The molecule has 47 heavy (non-hydrogen) atoms. The smallest absolute Gasteiger partial charge is 0.398 e. The number of aromatic nitrogens is 2. The van der Waals surface area contributed by atoms with E-state index < -0.39 is 22.4 Å². The van der Waals surface area contributed by atoms with Crippen LogP contribution in [0.4, 0.5) is 24.7 Å². The molecule has 2 aromatic heterocycles. The number of carbonyl (C=O) groups excluding carboxylic acids is 2. The minimum absolute atomic E-state index is 0.0333. The quantitative estimate of drug-likeness (QED) is 0.102. The van der Waals surface area contributed by atoms with E-state index in [2.05, 4.69) is 58.4 Å². The number of carbonyl (C=O) groups is 1. The van der Waals surface area contributed by atoms with Crippen molar-refractivity contribution >= 4 is 50.6 Å². The Bertz CT molecular complexity index is 1570.